The summed E-state index contributed by atoms with van der Waals surface area (Å²) in [5.41, 5.74) is 5.88. The summed E-state index contributed by atoms with van der Waals surface area (Å²) in [5, 5.41) is 31.0. The molecule has 388 valence electrons. The second-order valence-corrected chi connectivity index (χ2v) is 21.0. The first-order valence-electron chi connectivity index (χ1n) is 24.4. The van der Waals surface area contributed by atoms with Gasteiger partial charge in [-0.25, -0.2) is 4.98 Å². The van der Waals surface area contributed by atoms with Gasteiger partial charge in [0.25, 0.3) is 0 Å². The number of hydrogen-bond donors (Lipinski definition) is 4. The van der Waals surface area contributed by atoms with E-state index in [0.717, 1.165) is 47.8 Å². The predicted molar refractivity (Wildman–Crippen MR) is 283 cm³/mol. The summed E-state index contributed by atoms with van der Waals surface area (Å²) < 4.78 is 17.3. The number of rotatable bonds is 20. The third kappa shape index (κ3) is 13.7. The lowest BCUT2D eigenvalue weighted by Crippen LogP contribution is -2.57. The lowest BCUT2D eigenvalue weighted by molar-refractivity contribution is -0.144. The molecule has 0 spiro atoms. The molecule has 17 nitrogen and oxygen atoms in total. The molecule has 2 saturated heterocycles. The molecular formula is C53H63Cl2N9O8S. The minimum absolute atomic E-state index is 0.0127. The fourth-order valence-electron chi connectivity index (χ4n) is 9.03. The molecule has 7 rings (SSSR count). The van der Waals surface area contributed by atoms with E-state index in [2.05, 4.69) is 36.9 Å². The summed E-state index contributed by atoms with van der Waals surface area (Å²) in [6.07, 6.45) is 2.86. The van der Waals surface area contributed by atoms with Crippen LogP contribution in [-0.2, 0) is 25.7 Å². The maximum Gasteiger partial charge on any atom is 0.246 e. The van der Waals surface area contributed by atoms with Crippen molar-refractivity contribution in [3.8, 4) is 33.8 Å². The van der Waals surface area contributed by atoms with Gasteiger partial charge < -0.3 is 45.1 Å². The van der Waals surface area contributed by atoms with Crippen molar-refractivity contribution < 1.29 is 38.5 Å². The first kappa shape index (κ1) is 54.5. The highest BCUT2D eigenvalue weighted by Crippen LogP contribution is 2.41. The van der Waals surface area contributed by atoms with Crippen LogP contribution in [0.5, 0.6) is 17.2 Å². The number of benzene rings is 3. The van der Waals surface area contributed by atoms with E-state index in [1.54, 1.807) is 42.7 Å². The van der Waals surface area contributed by atoms with Crippen molar-refractivity contribution in [1.29, 1.82) is 5.26 Å². The molecule has 5 aromatic rings. The smallest absolute Gasteiger partial charge is 0.246 e. The molecule has 0 aliphatic carbocycles. The topological polar surface area (TPSA) is 212 Å². The number of fused-ring (bicyclic) bond motifs is 1. The van der Waals surface area contributed by atoms with Gasteiger partial charge in [-0.3, -0.25) is 29.1 Å². The lowest BCUT2D eigenvalue weighted by atomic mass is 9.85. The second-order valence-electron chi connectivity index (χ2n) is 19.3. The summed E-state index contributed by atoms with van der Waals surface area (Å²) in [5.74, 6) is 0.335. The standard InChI is InChI=1S/C53H63Cl2N9O8S/c1-32-49(73-31-59-32)34-14-12-33(13-15-34)28-58-51(68)42-22-36(65)30-64(42)52(69)50(53(2,3)4)61-46(66)10-7-8-11-47(67)63-19-17-62(18-20-63)16-9-21-72-45-25-40-37(23-44(45)71-6)48(35(27-56)29-57-40)60-41-26-43(70-5)39(55)24-38(41)54/h12-15,23-26,29,31,36,42,50,65H,7-11,16-22,28,30H2,1-6H3,(H,57,60)(H,58,68)(H,61,66)/t36-,42+,50-/m1/s1. The molecule has 3 atom stereocenters. The Kier molecular flexibility index (Phi) is 18.4. The van der Waals surface area contributed by atoms with Crippen LogP contribution >= 0.6 is 34.5 Å². The van der Waals surface area contributed by atoms with Gasteiger partial charge in [0.15, 0.2) is 11.5 Å². The number of likely N-dealkylation sites (tertiary alicyclic amines) is 1. The normalized spacial score (nSPS) is 16.4. The van der Waals surface area contributed by atoms with Gasteiger partial charge in [0.1, 0.15) is 23.9 Å². The van der Waals surface area contributed by atoms with E-state index in [9.17, 15) is 29.5 Å². The Bertz CT molecular complexity index is 2830. The van der Waals surface area contributed by atoms with Crippen LogP contribution in [0.15, 0.2) is 60.2 Å². The van der Waals surface area contributed by atoms with Crippen LogP contribution in [0.1, 0.15) is 76.1 Å². The number of aliphatic hydroxyl groups is 1. The van der Waals surface area contributed by atoms with E-state index in [-0.39, 0.29) is 43.7 Å². The van der Waals surface area contributed by atoms with Crippen molar-refractivity contribution in [3.05, 3.63) is 87.1 Å². The molecule has 20 heteroatoms. The number of carbonyl (C=O) groups excluding carboxylic acids is 4. The Labute approximate surface area is 440 Å². The first-order chi connectivity index (χ1) is 35.0. The number of aromatic nitrogens is 2. The lowest BCUT2D eigenvalue weighted by Gasteiger charge is -2.35. The average Bonchev–Trinajstić information content (AvgIpc) is 4.00. The monoisotopic (exact) mass is 1060 g/mol. The van der Waals surface area contributed by atoms with E-state index >= 15 is 0 Å². The summed E-state index contributed by atoms with van der Waals surface area (Å²) >= 11 is 14.3. The number of halogens is 2. The maximum absolute atomic E-state index is 14.1. The zero-order valence-electron chi connectivity index (χ0n) is 42.1. The molecule has 4 amide bonds. The number of β-amino-alcohol motifs (C(OH)–C–C–N with tert-alkyl or cyclic N) is 1. The number of nitrogens with zero attached hydrogens (tertiary/aromatic N) is 6. The highest BCUT2D eigenvalue weighted by molar-refractivity contribution is 7.13. The van der Waals surface area contributed by atoms with Gasteiger partial charge in [0.2, 0.25) is 23.6 Å². The van der Waals surface area contributed by atoms with Gasteiger partial charge in [0.05, 0.1) is 75.5 Å². The van der Waals surface area contributed by atoms with Crippen molar-refractivity contribution in [2.45, 2.75) is 91.0 Å². The van der Waals surface area contributed by atoms with Crippen molar-refractivity contribution >= 4 is 80.4 Å². The number of anilines is 2. The van der Waals surface area contributed by atoms with Crippen molar-refractivity contribution in [2.75, 3.05) is 65.4 Å². The number of carbonyl (C=O) groups is 4. The van der Waals surface area contributed by atoms with Gasteiger partial charge in [0, 0.05) is 88.8 Å². The molecule has 2 aromatic heterocycles. The van der Waals surface area contributed by atoms with Crippen molar-refractivity contribution in [1.82, 2.24) is 35.3 Å². The Morgan fingerprint density at radius 3 is 2.33 bits per heavy atom. The summed E-state index contributed by atoms with van der Waals surface area (Å²) in [6.45, 7) is 11.6. The zero-order chi connectivity index (χ0) is 52.4. The van der Waals surface area contributed by atoms with Crippen molar-refractivity contribution in [3.63, 3.8) is 0 Å². The number of methoxy groups -OCH3 is 2. The summed E-state index contributed by atoms with van der Waals surface area (Å²) in [7, 11) is 3.05. The van der Waals surface area contributed by atoms with Crippen LogP contribution in [0.4, 0.5) is 11.4 Å². The molecule has 4 heterocycles. The van der Waals surface area contributed by atoms with E-state index in [0.29, 0.717) is 94.1 Å². The molecule has 2 fully saturated rings. The van der Waals surface area contributed by atoms with Gasteiger partial charge in [-0.05, 0) is 54.9 Å². The number of unbranched alkanes of at least 4 members (excludes halogenated alkanes) is 1. The Balaban J connectivity index is 0.821. The molecule has 73 heavy (non-hydrogen) atoms. The van der Waals surface area contributed by atoms with Crippen LogP contribution < -0.4 is 30.2 Å². The molecule has 0 saturated carbocycles. The fraction of sp³-hybridized carbons (Fsp3) is 0.453. The minimum Gasteiger partial charge on any atom is -0.495 e. The number of aryl methyl sites for hydroxylation is 1. The number of hydrogen-bond acceptors (Lipinski definition) is 14. The summed E-state index contributed by atoms with van der Waals surface area (Å²) in [6, 6.07) is 15.0. The molecule has 4 N–H and O–H groups in total. The number of aliphatic hydroxyl groups excluding tert-OH is 1. The number of ether oxygens (including phenoxy) is 3. The number of amides is 4. The Morgan fingerprint density at radius 2 is 1.66 bits per heavy atom. The van der Waals surface area contributed by atoms with Gasteiger partial charge in [-0.2, -0.15) is 5.26 Å². The van der Waals surface area contributed by atoms with Crippen LogP contribution in [0.3, 0.4) is 0 Å². The number of nitriles is 1. The van der Waals surface area contributed by atoms with Gasteiger partial charge in [-0.15, -0.1) is 11.3 Å². The second kappa shape index (κ2) is 24.7. The van der Waals surface area contributed by atoms with E-state index < -0.39 is 29.5 Å². The number of piperazine rings is 1. The number of nitrogens with one attached hydrogen (secondary N) is 3. The number of thiazole rings is 1. The SMILES string of the molecule is COc1cc(Nc2c(C#N)cnc3cc(OCCCN4CCN(C(=O)CCCCC(=O)N[C@H](C(=O)N5C[C@H](O)C[C@H]5C(=O)NCc5ccc(-c6scnc6C)cc5)C(C)(C)C)CC4)c(OC)cc23)c(Cl)cc1Cl. The Hall–Kier alpha value is -6.23. The highest BCUT2D eigenvalue weighted by atomic mass is 35.5. The average molecular weight is 1060 g/mol. The van der Waals surface area contributed by atoms with Gasteiger partial charge >= 0.3 is 0 Å². The molecule has 2 aliphatic rings. The van der Waals surface area contributed by atoms with Gasteiger partial charge in [-0.1, -0.05) is 68.2 Å². The van der Waals surface area contributed by atoms with Crippen molar-refractivity contribution in [2.24, 2.45) is 5.41 Å². The van der Waals surface area contributed by atoms with Crippen LogP contribution in [0, 0.1) is 23.7 Å². The third-order valence-corrected chi connectivity index (χ3v) is 14.7. The van der Waals surface area contributed by atoms with Crippen LogP contribution in [0.25, 0.3) is 21.3 Å². The Morgan fingerprint density at radius 1 is 0.932 bits per heavy atom. The molecule has 0 unspecified atom stereocenters. The number of pyridine rings is 1. The first-order valence-corrected chi connectivity index (χ1v) is 26.0. The zero-order valence-corrected chi connectivity index (χ0v) is 44.4. The molecule has 2 aliphatic heterocycles. The highest BCUT2D eigenvalue weighted by Gasteiger charge is 2.44. The summed E-state index contributed by atoms with van der Waals surface area (Å²) in [4.78, 5) is 69.6. The molecule has 0 radical (unpaired) electrons. The fourth-order valence-corrected chi connectivity index (χ4v) is 10.4. The molecular weight excluding hydrogens is 994 g/mol. The van der Waals surface area contributed by atoms with E-state index in [1.807, 2.05) is 62.4 Å². The largest absolute Gasteiger partial charge is 0.495 e. The maximum atomic E-state index is 14.1. The minimum atomic E-state index is -0.934. The predicted octanol–water partition coefficient (Wildman–Crippen LogP) is 7.89. The van der Waals surface area contributed by atoms with E-state index in [1.165, 1.54) is 18.2 Å². The van der Waals surface area contributed by atoms with E-state index in [4.69, 9.17) is 37.4 Å². The molecule has 0 bridgehead atoms. The third-order valence-electron chi connectivity index (χ3n) is 13.1. The van der Waals surface area contributed by atoms with Crippen LogP contribution in [0.2, 0.25) is 10.0 Å². The quantitative estimate of drug-likeness (QED) is 0.0547. The van der Waals surface area contributed by atoms with Crippen LogP contribution in [-0.4, -0.2) is 132 Å². The molecule has 3 aromatic carbocycles.